The van der Waals surface area contributed by atoms with Gasteiger partial charge in [0.2, 0.25) is 0 Å². The van der Waals surface area contributed by atoms with Crippen LogP contribution in [0.1, 0.15) is 13.3 Å². The van der Waals surface area contributed by atoms with Crippen LogP contribution in [-0.4, -0.2) is 19.5 Å². The summed E-state index contributed by atoms with van der Waals surface area (Å²) < 4.78 is 5.12. The van der Waals surface area contributed by atoms with E-state index in [9.17, 15) is 4.79 Å². The molecule has 0 bridgehead atoms. The van der Waals surface area contributed by atoms with E-state index in [0.717, 1.165) is 25.9 Å². The Morgan fingerprint density at radius 1 is 1.60 bits per heavy atom. The van der Waals surface area contributed by atoms with Gasteiger partial charge >= 0.3 is 0 Å². The summed E-state index contributed by atoms with van der Waals surface area (Å²) in [5, 5.41) is 0. The van der Waals surface area contributed by atoms with Crippen molar-refractivity contribution in [3.63, 3.8) is 0 Å². The van der Waals surface area contributed by atoms with Crippen molar-refractivity contribution in [1.29, 1.82) is 0 Å². The fraction of sp³-hybridized carbons (Fsp3) is 0.875. The predicted octanol–water partition coefficient (Wildman–Crippen LogP) is 0.858. The number of carbonyl (C=O) groups is 1. The van der Waals surface area contributed by atoms with Crippen molar-refractivity contribution in [2.45, 2.75) is 13.3 Å². The molecule has 0 radical (unpaired) electrons. The molecule has 2 fully saturated rings. The first kappa shape index (κ1) is 6.35. The number of aldehydes is 1. The molecule has 2 atom stereocenters. The van der Waals surface area contributed by atoms with Crippen LogP contribution in [0.5, 0.6) is 0 Å². The number of rotatable bonds is 2. The molecule has 1 saturated heterocycles. The van der Waals surface area contributed by atoms with E-state index in [-0.39, 0.29) is 0 Å². The highest BCUT2D eigenvalue weighted by molar-refractivity contribution is 5.58. The average Bonchev–Trinajstić information content (AvgIpc) is 2.61. The van der Waals surface area contributed by atoms with Gasteiger partial charge in [-0.1, -0.05) is 6.92 Å². The first-order valence-electron chi connectivity index (χ1n) is 3.79. The molecule has 0 aromatic rings. The molecule has 0 spiro atoms. The Bertz CT molecular complexity index is 161. The van der Waals surface area contributed by atoms with Gasteiger partial charge in [0.1, 0.15) is 6.29 Å². The van der Waals surface area contributed by atoms with E-state index in [1.54, 1.807) is 0 Å². The summed E-state index contributed by atoms with van der Waals surface area (Å²) in [4.78, 5) is 10.3. The van der Waals surface area contributed by atoms with E-state index in [1.165, 1.54) is 0 Å². The topological polar surface area (TPSA) is 26.3 Å². The maximum absolute atomic E-state index is 10.3. The van der Waals surface area contributed by atoms with Gasteiger partial charge in [-0.25, -0.2) is 0 Å². The fourth-order valence-electron chi connectivity index (χ4n) is 1.80. The zero-order valence-corrected chi connectivity index (χ0v) is 6.17. The number of hydrogen-bond acceptors (Lipinski definition) is 2. The number of ether oxygens (including phenoxy) is 1. The Kier molecular flexibility index (Phi) is 1.15. The molecule has 1 aliphatic heterocycles. The van der Waals surface area contributed by atoms with Gasteiger partial charge in [0.05, 0.1) is 13.2 Å². The Balaban J connectivity index is 1.95. The van der Waals surface area contributed by atoms with Gasteiger partial charge in [0, 0.05) is 11.3 Å². The molecule has 2 nitrogen and oxygen atoms in total. The standard InChI is InChI=1S/C8H12O2/c1-8(4-10-5-8)7-2-6(7)3-9/h3,6-7H,2,4-5H2,1H3/t6-,7-/m0/s1. The molecule has 2 rings (SSSR count). The molecule has 0 N–H and O–H groups in total. The van der Waals surface area contributed by atoms with Gasteiger partial charge in [0.15, 0.2) is 0 Å². The summed E-state index contributed by atoms with van der Waals surface area (Å²) >= 11 is 0. The molecule has 10 heavy (non-hydrogen) atoms. The average molecular weight is 140 g/mol. The minimum absolute atomic E-state index is 0.353. The molecular formula is C8H12O2. The Morgan fingerprint density at radius 3 is 2.60 bits per heavy atom. The summed E-state index contributed by atoms with van der Waals surface area (Å²) in [6, 6.07) is 0. The second-order valence-corrected chi connectivity index (χ2v) is 3.79. The highest BCUT2D eigenvalue weighted by atomic mass is 16.5. The van der Waals surface area contributed by atoms with Crippen molar-refractivity contribution < 1.29 is 9.53 Å². The lowest BCUT2D eigenvalue weighted by atomic mass is 9.82. The second-order valence-electron chi connectivity index (χ2n) is 3.79. The van der Waals surface area contributed by atoms with E-state index in [0.29, 0.717) is 17.3 Å². The summed E-state index contributed by atoms with van der Waals surface area (Å²) in [6.45, 7) is 3.94. The van der Waals surface area contributed by atoms with Crippen molar-refractivity contribution in [3.8, 4) is 0 Å². The quantitative estimate of drug-likeness (QED) is 0.532. The minimum atomic E-state index is 0.353. The van der Waals surface area contributed by atoms with E-state index >= 15 is 0 Å². The lowest BCUT2D eigenvalue weighted by Gasteiger charge is -2.38. The SMILES string of the molecule is CC1([C@H]2C[C@H]2C=O)COC1. The monoisotopic (exact) mass is 140 g/mol. The van der Waals surface area contributed by atoms with Crippen molar-refractivity contribution >= 4 is 6.29 Å². The van der Waals surface area contributed by atoms with Crippen molar-refractivity contribution in [3.05, 3.63) is 0 Å². The molecule has 0 amide bonds. The zero-order valence-electron chi connectivity index (χ0n) is 6.17. The van der Waals surface area contributed by atoms with Crippen LogP contribution in [0.3, 0.4) is 0 Å². The van der Waals surface area contributed by atoms with Gasteiger partial charge in [-0.2, -0.15) is 0 Å². The summed E-state index contributed by atoms with van der Waals surface area (Å²) in [5.41, 5.74) is 0.353. The molecule has 1 heterocycles. The van der Waals surface area contributed by atoms with Gasteiger partial charge in [-0.15, -0.1) is 0 Å². The first-order valence-corrected chi connectivity index (χ1v) is 3.79. The minimum Gasteiger partial charge on any atom is -0.380 e. The van der Waals surface area contributed by atoms with Crippen LogP contribution in [0.4, 0.5) is 0 Å². The molecular weight excluding hydrogens is 128 g/mol. The normalized spacial score (nSPS) is 42.1. The molecule has 0 unspecified atom stereocenters. The smallest absolute Gasteiger partial charge is 0.123 e. The van der Waals surface area contributed by atoms with Crippen molar-refractivity contribution in [2.75, 3.05) is 13.2 Å². The van der Waals surface area contributed by atoms with Crippen LogP contribution in [-0.2, 0) is 9.53 Å². The third kappa shape index (κ3) is 0.717. The lowest BCUT2D eigenvalue weighted by molar-refractivity contribution is -0.122. The fourth-order valence-corrected chi connectivity index (χ4v) is 1.80. The van der Waals surface area contributed by atoms with Crippen LogP contribution < -0.4 is 0 Å². The highest BCUT2D eigenvalue weighted by Crippen LogP contribution is 2.53. The van der Waals surface area contributed by atoms with E-state index in [4.69, 9.17) is 4.74 Å². The third-order valence-electron chi connectivity index (χ3n) is 2.77. The molecule has 0 aromatic carbocycles. The zero-order chi connectivity index (χ0) is 7.19. The van der Waals surface area contributed by atoms with E-state index in [1.807, 2.05) is 0 Å². The maximum Gasteiger partial charge on any atom is 0.123 e. The number of hydrogen-bond donors (Lipinski definition) is 0. The van der Waals surface area contributed by atoms with Crippen molar-refractivity contribution in [1.82, 2.24) is 0 Å². The molecule has 2 heteroatoms. The summed E-state index contributed by atoms with van der Waals surface area (Å²) in [7, 11) is 0. The van der Waals surface area contributed by atoms with Gasteiger partial charge < -0.3 is 9.53 Å². The van der Waals surface area contributed by atoms with Crippen LogP contribution in [0.25, 0.3) is 0 Å². The summed E-state index contributed by atoms with van der Waals surface area (Å²) in [6.07, 6.45) is 2.19. The first-order chi connectivity index (χ1) is 4.76. The Morgan fingerprint density at radius 2 is 2.30 bits per heavy atom. The molecule has 0 aromatic heterocycles. The van der Waals surface area contributed by atoms with Crippen LogP contribution in [0, 0.1) is 17.3 Å². The van der Waals surface area contributed by atoms with Crippen LogP contribution in [0.15, 0.2) is 0 Å². The third-order valence-corrected chi connectivity index (χ3v) is 2.77. The Labute approximate surface area is 60.6 Å². The molecule has 1 aliphatic carbocycles. The lowest BCUT2D eigenvalue weighted by Crippen LogP contribution is -2.42. The number of carbonyl (C=O) groups excluding carboxylic acids is 1. The molecule has 1 saturated carbocycles. The van der Waals surface area contributed by atoms with Crippen LogP contribution in [0.2, 0.25) is 0 Å². The van der Waals surface area contributed by atoms with Crippen molar-refractivity contribution in [2.24, 2.45) is 17.3 Å². The van der Waals surface area contributed by atoms with Crippen LogP contribution >= 0.6 is 0 Å². The van der Waals surface area contributed by atoms with E-state index in [2.05, 4.69) is 6.92 Å². The van der Waals surface area contributed by atoms with E-state index < -0.39 is 0 Å². The maximum atomic E-state index is 10.3. The molecule has 56 valence electrons. The predicted molar refractivity (Wildman–Crippen MR) is 36.6 cm³/mol. The largest absolute Gasteiger partial charge is 0.380 e. The molecule has 2 aliphatic rings. The second kappa shape index (κ2) is 1.82. The van der Waals surface area contributed by atoms with Gasteiger partial charge in [-0.3, -0.25) is 0 Å². The van der Waals surface area contributed by atoms with Gasteiger partial charge in [0.25, 0.3) is 0 Å². The summed E-state index contributed by atoms with van der Waals surface area (Å²) in [5.74, 6) is 0.993. The Hall–Kier alpha value is -0.370. The van der Waals surface area contributed by atoms with Gasteiger partial charge in [-0.05, 0) is 12.3 Å². The highest BCUT2D eigenvalue weighted by Gasteiger charge is 2.53.